The van der Waals surface area contributed by atoms with Crippen LogP contribution in [0.1, 0.15) is 41.7 Å². The van der Waals surface area contributed by atoms with Crippen LogP contribution in [-0.4, -0.2) is 11.0 Å². The normalized spacial score (nSPS) is 17.8. The second-order valence-corrected chi connectivity index (χ2v) is 5.63. The number of carbonyl (C=O) groups excluding carboxylic acids is 1. The summed E-state index contributed by atoms with van der Waals surface area (Å²) in [5, 5.41) is 13.0. The van der Waals surface area contributed by atoms with Crippen molar-refractivity contribution in [2.75, 3.05) is 0 Å². The first-order valence-corrected chi connectivity index (χ1v) is 7.44. The molecule has 1 aliphatic carbocycles. The molecule has 0 bridgehead atoms. The van der Waals surface area contributed by atoms with Gasteiger partial charge in [0.15, 0.2) is 0 Å². The van der Waals surface area contributed by atoms with E-state index in [-0.39, 0.29) is 24.2 Å². The van der Waals surface area contributed by atoms with E-state index < -0.39 is 6.10 Å². The lowest BCUT2D eigenvalue weighted by molar-refractivity contribution is -0.123. The molecule has 22 heavy (non-hydrogen) atoms. The monoisotopic (exact) mass is 299 g/mol. The number of nitrogens with one attached hydrogen (secondary N) is 1. The topological polar surface area (TPSA) is 49.3 Å². The first-order chi connectivity index (χ1) is 10.6. The van der Waals surface area contributed by atoms with Crippen LogP contribution in [0.25, 0.3) is 0 Å². The summed E-state index contributed by atoms with van der Waals surface area (Å²) >= 11 is 0. The van der Waals surface area contributed by atoms with Crippen LogP contribution in [0.2, 0.25) is 0 Å². The lowest BCUT2D eigenvalue weighted by Gasteiger charge is -2.16. The average Bonchev–Trinajstić information content (AvgIpc) is 2.90. The molecule has 4 heteroatoms. The first-order valence-electron chi connectivity index (χ1n) is 7.44. The van der Waals surface area contributed by atoms with Crippen molar-refractivity contribution in [1.82, 2.24) is 5.32 Å². The molecule has 0 spiro atoms. The van der Waals surface area contributed by atoms with E-state index in [1.54, 1.807) is 18.2 Å². The minimum Gasteiger partial charge on any atom is -0.388 e. The molecule has 0 saturated carbocycles. The Hall–Kier alpha value is -2.20. The Morgan fingerprint density at radius 2 is 2.05 bits per heavy atom. The van der Waals surface area contributed by atoms with Crippen molar-refractivity contribution < 1.29 is 14.3 Å². The average molecular weight is 299 g/mol. The third kappa shape index (κ3) is 3.17. The summed E-state index contributed by atoms with van der Waals surface area (Å²) < 4.78 is 13.4. The van der Waals surface area contributed by atoms with Gasteiger partial charge in [-0.2, -0.15) is 0 Å². The van der Waals surface area contributed by atoms with Crippen LogP contribution >= 0.6 is 0 Å². The van der Waals surface area contributed by atoms with Gasteiger partial charge in [-0.1, -0.05) is 36.4 Å². The maximum atomic E-state index is 13.4. The summed E-state index contributed by atoms with van der Waals surface area (Å²) in [6, 6.07) is 13.6. The molecular weight excluding hydrogens is 281 g/mol. The van der Waals surface area contributed by atoms with E-state index >= 15 is 0 Å². The zero-order chi connectivity index (χ0) is 15.5. The van der Waals surface area contributed by atoms with Gasteiger partial charge in [-0.25, -0.2) is 4.39 Å². The largest absolute Gasteiger partial charge is 0.388 e. The molecule has 0 fully saturated rings. The van der Waals surface area contributed by atoms with Crippen LogP contribution in [0.5, 0.6) is 0 Å². The smallest absolute Gasteiger partial charge is 0.223 e. The number of aryl methyl sites for hydroxylation is 1. The van der Waals surface area contributed by atoms with Gasteiger partial charge in [0.2, 0.25) is 5.91 Å². The van der Waals surface area contributed by atoms with E-state index in [0.29, 0.717) is 0 Å². The molecule has 1 aliphatic rings. The number of benzene rings is 2. The van der Waals surface area contributed by atoms with E-state index in [4.69, 9.17) is 0 Å². The van der Waals surface area contributed by atoms with Crippen LogP contribution in [0.4, 0.5) is 4.39 Å². The molecule has 2 unspecified atom stereocenters. The van der Waals surface area contributed by atoms with Gasteiger partial charge in [-0.15, -0.1) is 0 Å². The van der Waals surface area contributed by atoms with Crippen molar-refractivity contribution >= 4 is 5.91 Å². The minimum atomic E-state index is -0.824. The number of aliphatic hydroxyl groups is 1. The van der Waals surface area contributed by atoms with Crippen LogP contribution < -0.4 is 5.32 Å². The number of hydrogen-bond donors (Lipinski definition) is 2. The molecule has 3 nitrogen and oxygen atoms in total. The highest BCUT2D eigenvalue weighted by molar-refractivity contribution is 5.77. The molecule has 0 aliphatic heterocycles. The highest BCUT2D eigenvalue weighted by Gasteiger charge is 2.25. The van der Waals surface area contributed by atoms with Crippen LogP contribution in [0, 0.1) is 5.82 Å². The van der Waals surface area contributed by atoms with Crippen molar-refractivity contribution in [2.24, 2.45) is 0 Å². The van der Waals surface area contributed by atoms with Gasteiger partial charge in [0, 0.05) is 0 Å². The van der Waals surface area contributed by atoms with Gasteiger partial charge in [0.25, 0.3) is 0 Å². The Bertz CT molecular complexity index is 672. The van der Waals surface area contributed by atoms with Gasteiger partial charge < -0.3 is 10.4 Å². The van der Waals surface area contributed by atoms with Gasteiger partial charge in [0.1, 0.15) is 5.82 Å². The second kappa shape index (κ2) is 6.28. The molecule has 0 aromatic heterocycles. The van der Waals surface area contributed by atoms with Crippen LogP contribution in [0.15, 0.2) is 48.5 Å². The SMILES string of the molecule is O=C(CC(O)c1ccccc1)NC1CCc2ccc(F)cc21. The maximum Gasteiger partial charge on any atom is 0.223 e. The number of hydrogen-bond acceptors (Lipinski definition) is 2. The quantitative estimate of drug-likeness (QED) is 0.911. The molecule has 3 rings (SSSR count). The molecule has 114 valence electrons. The zero-order valence-corrected chi connectivity index (χ0v) is 12.1. The standard InChI is InChI=1S/C18H18FNO2/c19-14-8-6-12-7-9-16(15(12)10-14)20-18(22)11-17(21)13-4-2-1-3-5-13/h1-6,8,10,16-17,21H,7,9,11H2,(H,20,22). The third-order valence-corrected chi connectivity index (χ3v) is 4.08. The summed E-state index contributed by atoms with van der Waals surface area (Å²) in [5.41, 5.74) is 2.65. The maximum absolute atomic E-state index is 13.4. The fourth-order valence-corrected chi connectivity index (χ4v) is 2.95. The second-order valence-electron chi connectivity index (χ2n) is 5.63. The van der Waals surface area contributed by atoms with Crippen molar-refractivity contribution in [3.63, 3.8) is 0 Å². The molecule has 2 N–H and O–H groups in total. The third-order valence-electron chi connectivity index (χ3n) is 4.08. The van der Waals surface area contributed by atoms with Gasteiger partial charge in [-0.05, 0) is 41.7 Å². The molecule has 2 aromatic carbocycles. The Labute approximate surface area is 128 Å². The first kappa shape index (κ1) is 14.7. The lowest BCUT2D eigenvalue weighted by Crippen LogP contribution is -2.28. The van der Waals surface area contributed by atoms with E-state index in [2.05, 4.69) is 5.32 Å². The molecule has 0 radical (unpaired) electrons. The van der Waals surface area contributed by atoms with E-state index in [9.17, 15) is 14.3 Å². The number of halogens is 1. The molecule has 0 saturated heterocycles. The highest BCUT2D eigenvalue weighted by Crippen LogP contribution is 2.31. The Balaban J connectivity index is 1.63. The summed E-state index contributed by atoms with van der Waals surface area (Å²) in [6.07, 6.45) is 0.786. The molecular formula is C18H18FNO2. The van der Waals surface area contributed by atoms with E-state index in [1.807, 2.05) is 18.2 Å². The molecule has 0 heterocycles. The predicted molar refractivity (Wildman–Crippen MR) is 81.6 cm³/mol. The van der Waals surface area contributed by atoms with Crippen molar-refractivity contribution in [3.8, 4) is 0 Å². The molecule has 2 aromatic rings. The summed E-state index contributed by atoms with van der Waals surface area (Å²) in [4.78, 5) is 12.1. The Morgan fingerprint density at radius 3 is 2.82 bits per heavy atom. The summed E-state index contributed by atoms with van der Waals surface area (Å²) in [7, 11) is 0. The summed E-state index contributed by atoms with van der Waals surface area (Å²) in [5.74, 6) is -0.511. The van der Waals surface area contributed by atoms with Crippen molar-refractivity contribution in [2.45, 2.75) is 31.4 Å². The van der Waals surface area contributed by atoms with Gasteiger partial charge >= 0.3 is 0 Å². The predicted octanol–water partition coefficient (Wildman–Crippen LogP) is 3.05. The number of carbonyl (C=O) groups is 1. The Kier molecular flexibility index (Phi) is 4.20. The van der Waals surface area contributed by atoms with E-state index in [0.717, 1.165) is 29.5 Å². The van der Waals surface area contributed by atoms with Gasteiger partial charge in [0.05, 0.1) is 18.6 Å². The zero-order valence-electron chi connectivity index (χ0n) is 12.1. The molecule has 1 amide bonds. The Morgan fingerprint density at radius 1 is 1.27 bits per heavy atom. The number of aliphatic hydroxyl groups excluding tert-OH is 1. The van der Waals surface area contributed by atoms with Crippen molar-refractivity contribution in [3.05, 3.63) is 71.0 Å². The minimum absolute atomic E-state index is 0.00512. The van der Waals surface area contributed by atoms with E-state index in [1.165, 1.54) is 12.1 Å². The lowest BCUT2D eigenvalue weighted by atomic mass is 10.1. The number of fused-ring (bicyclic) bond motifs is 1. The van der Waals surface area contributed by atoms with Crippen LogP contribution in [0.3, 0.4) is 0 Å². The van der Waals surface area contributed by atoms with Crippen LogP contribution in [-0.2, 0) is 11.2 Å². The van der Waals surface area contributed by atoms with Gasteiger partial charge in [-0.3, -0.25) is 4.79 Å². The molecule has 2 atom stereocenters. The summed E-state index contributed by atoms with van der Waals surface area (Å²) in [6.45, 7) is 0. The number of rotatable bonds is 4. The fraction of sp³-hybridized carbons (Fsp3) is 0.278. The fourth-order valence-electron chi connectivity index (χ4n) is 2.95. The highest BCUT2D eigenvalue weighted by atomic mass is 19.1. The number of amides is 1. The van der Waals surface area contributed by atoms with Crippen molar-refractivity contribution in [1.29, 1.82) is 0 Å².